The van der Waals surface area contributed by atoms with Crippen LogP contribution >= 0.6 is 15.9 Å². The summed E-state index contributed by atoms with van der Waals surface area (Å²) in [7, 11) is 0. The van der Waals surface area contributed by atoms with E-state index in [9.17, 15) is 0 Å². The van der Waals surface area contributed by atoms with E-state index in [1.807, 2.05) is 0 Å². The van der Waals surface area contributed by atoms with Gasteiger partial charge in [-0.05, 0) is 54.2 Å². The van der Waals surface area contributed by atoms with Crippen LogP contribution in [0.5, 0.6) is 0 Å². The molecule has 2 nitrogen and oxygen atoms in total. The molecule has 2 fully saturated rings. The smallest absolute Gasteiger partial charge is 0.0670 e. The van der Waals surface area contributed by atoms with Gasteiger partial charge in [-0.25, -0.2) is 0 Å². The van der Waals surface area contributed by atoms with E-state index in [-0.39, 0.29) is 0 Å². The first kappa shape index (κ1) is 13.4. The summed E-state index contributed by atoms with van der Waals surface area (Å²) in [5, 5.41) is 3.74. The fourth-order valence-electron chi connectivity index (χ4n) is 3.85. The van der Waals surface area contributed by atoms with E-state index in [0.717, 1.165) is 17.5 Å². The molecule has 2 unspecified atom stereocenters. The number of hydrogen-bond donors (Lipinski definition) is 1. The van der Waals surface area contributed by atoms with Crippen LogP contribution in [0.4, 0.5) is 5.69 Å². The lowest BCUT2D eigenvalue weighted by Crippen LogP contribution is -2.60. The van der Waals surface area contributed by atoms with Crippen molar-refractivity contribution in [3.63, 3.8) is 0 Å². The fraction of sp³-hybridized carbons (Fsp3) is 0.625. The second kappa shape index (κ2) is 5.45. The highest BCUT2D eigenvalue weighted by Gasteiger charge is 2.56. The molecule has 2 aliphatic carbocycles. The highest BCUT2D eigenvalue weighted by atomic mass is 79.9. The van der Waals surface area contributed by atoms with E-state index in [2.05, 4.69) is 52.4 Å². The van der Waals surface area contributed by atoms with E-state index in [1.54, 1.807) is 0 Å². The van der Waals surface area contributed by atoms with Gasteiger partial charge in [0.2, 0.25) is 0 Å². The molecule has 3 heteroatoms. The Hall–Kier alpha value is -0.540. The van der Waals surface area contributed by atoms with Crippen LogP contribution in [0.1, 0.15) is 39.0 Å². The third-order valence-corrected chi connectivity index (χ3v) is 5.58. The zero-order valence-corrected chi connectivity index (χ0v) is 13.1. The largest absolute Gasteiger partial charge is 0.381 e. The summed E-state index contributed by atoms with van der Waals surface area (Å²) >= 11 is 3.63. The van der Waals surface area contributed by atoms with Gasteiger partial charge in [-0.3, -0.25) is 0 Å². The molecule has 2 saturated carbocycles. The summed E-state index contributed by atoms with van der Waals surface area (Å²) in [6, 6.07) is 8.98. The topological polar surface area (TPSA) is 21.3 Å². The molecule has 2 aliphatic rings. The Bertz CT molecular complexity index is 442. The summed E-state index contributed by atoms with van der Waals surface area (Å²) in [5.74, 6) is 0. The van der Waals surface area contributed by atoms with Crippen molar-refractivity contribution in [2.45, 2.75) is 51.2 Å². The van der Waals surface area contributed by atoms with E-state index in [1.165, 1.54) is 31.4 Å². The lowest BCUT2D eigenvalue weighted by molar-refractivity contribution is -0.114. The van der Waals surface area contributed by atoms with Gasteiger partial charge in [-0.15, -0.1) is 0 Å². The first-order chi connectivity index (χ1) is 9.26. The molecule has 0 bridgehead atoms. The van der Waals surface area contributed by atoms with Gasteiger partial charge in [0, 0.05) is 28.2 Å². The molecule has 1 spiro atoms. The van der Waals surface area contributed by atoms with Crippen molar-refractivity contribution in [2.24, 2.45) is 5.41 Å². The van der Waals surface area contributed by atoms with Gasteiger partial charge < -0.3 is 10.1 Å². The van der Waals surface area contributed by atoms with Crippen LogP contribution in [0.25, 0.3) is 0 Å². The number of halogens is 1. The average molecular weight is 324 g/mol. The van der Waals surface area contributed by atoms with Gasteiger partial charge in [-0.1, -0.05) is 25.0 Å². The van der Waals surface area contributed by atoms with Crippen molar-refractivity contribution >= 4 is 21.6 Å². The number of rotatable bonds is 4. The molecular weight excluding hydrogens is 302 g/mol. The lowest BCUT2D eigenvalue weighted by Gasteiger charge is -2.54. The molecule has 1 aromatic rings. The number of benzene rings is 1. The van der Waals surface area contributed by atoms with E-state index in [4.69, 9.17) is 4.74 Å². The molecule has 3 rings (SSSR count). The van der Waals surface area contributed by atoms with Crippen molar-refractivity contribution in [3.8, 4) is 0 Å². The third kappa shape index (κ3) is 2.31. The zero-order chi connectivity index (χ0) is 13.3. The van der Waals surface area contributed by atoms with Crippen LogP contribution in [0.2, 0.25) is 0 Å². The van der Waals surface area contributed by atoms with E-state index in [0.29, 0.717) is 17.6 Å². The Kier molecular flexibility index (Phi) is 3.86. The zero-order valence-electron chi connectivity index (χ0n) is 11.5. The molecule has 1 aromatic carbocycles. The predicted molar refractivity (Wildman–Crippen MR) is 82.5 cm³/mol. The molecule has 2 atom stereocenters. The normalized spacial score (nSPS) is 28.3. The van der Waals surface area contributed by atoms with Crippen molar-refractivity contribution in [1.29, 1.82) is 0 Å². The maximum absolute atomic E-state index is 5.96. The Morgan fingerprint density at radius 3 is 2.74 bits per heavy atom. The minimum absolute atomic E-state index is 0.394. The molecule has 0 aromatic heterocycles. The number of hydrogen-bond acceptors (Lipinski definition) is 2. The van der Waals surface area contributed by atoms with Crippen molar-refractivity contribution in [3.05, 3.63) is 28.7 Å². The molecule has 0 amide bonds. The van der Waals surface area contributed by atoms with Crippen LogP contribution in [0.15, 0.2) is 28.7 Å². The van der Waals surface area contributed by atoms with Crippen molar-refractivity contribution in [2.75, 3.05) is 11.9 Å². The predicted octanol–water partition coefficient (Wildman–Crippen LogP) is 4.60. The minimum atomic E-state index is 0.394. The first-order valence-electron chi connectivity index (χ1n) is 7.39. The lowest BCUT2D eigenvalue weighted by atomic mass is 9.60. The van der Waals surface area contributed by atoms with Crippen LogP contribution in [0, 0.1) is 5.41 Å². The minimum Gasteiger partial charge on any atom is -0.381 e. The fourth-order valence-corrected chi connectivity index (χ4v) is 4.25. The Morgan fingerprint density at radius 1 is 1.32 bits per heavy atom. The van der Waals surface area contributed by atoms with Gasteiger partial charge in [-0.2, -0.15) is 0 Å². The second-order valence-corrected chi connectivity index (χ2v) is 6.65. The van der Waals surface area contributed by atoms with Crippen LogP contribution in [-0.2, 0) is 4.74 Å². The summed E-state index contributed by atoms with van der Waals surface area (Å²) < 4.78 is 7.12. The summed E-state index contributed by atoms with van der Waals surface area (Å²) in [6.07, 6.45) is 6.98. The molecule has 1 N–H and O–H groups in total. The highest BCUT2D eigenvalue weighted by molar-refractivity contribution is 9.10. The van der Waals surface area contributed by atoms with Gasteiger partial charge in [0.15, 0.2) is 0 Å². The van der Waals surface area contributed by atoms with Crippen molar-refractivity contribution < 1.29 is 4.74 Å². The average Bonchev–Trinajstić information content (AvgIpc) is 2.92. The van der Waals surface area contributed by atoms with Crippen molar-refractivity contribution in [1.82, 2.24) is 0 Å². The van der Waals surface area contributed by atoms with Crippen LogP contribution in [0.3, 0.4) is 0 Å². The Morgan fingerprint density at radius 2 is 2.05 bits per heavy atom. The van der Waals surface area contributed by atoms with E-state index < -0.39 is 0 Å². The summed E-state index contributed by atoms with van der Waals surface area (Å²) in [4.78, 5) is 0. The van der Waals surface area contributed by atoms with E-state index >= 15 is 0 Å². The number of ether oxygens (including phenoxy) is 1. The summed E-state index contributed by atoms with van der Waals surface area (Å²) in [6.45, 7) is 2.95. The molecular formula is C16H22BrNO. The molecule has 0 aliphatic heterocycles. The summed E-state index contributed by atoms with van der Waals surface area (Å²) in [5.41, 5.74) is 1.61. The number of nitrogens with one attached hydrogen (secondary N) is 1. The van der Waals surface area contributed by atoms with Crippen LogP contribution in [-0.4, -0.2) is 18.8 Å². The molecule has 0 saturated heterocycles. The van der Waals surface area contributed by atoms with Gasteiger partial charge in [0.05, 0.1) is 6.10 Å². The quantitative estimate of drug-likeness (QED) is 0.874. The molecule has 0 heterocycles. The number of para-hydroxylation sites is 1. The van der Waals surface area contributed by atoms with Crippen LogP contribution < -0.4 is 5.32 Å². The SMILES string of the molecule is CCOC1CC(Nc2ccccc2Br)C12CCCC2. The Labute approximate surface area is 124 Å². The highest BCUT2D eigenvalue weighted by Crippen LogP contribution is 2.55. The van der Waals surface area contributed by atoms with Gasteiger partial charge in [0.25, 0.3) is 0 Å². The molecule has 104 valence electrons. The van der Waals surface area contributed by atoms with Gasteiger partial charge in [0.1, 0.15) is 0 Å². The standard InChI is InChI=1S/C16H22BrNO/c1-2-19-15-11-14(16(15)9-5-6-10-16)18-13-8-4-3-7-12(13)17/h3-4,7-8,14-15,18H,2,5-6,9-11H2,1H3. The maximum Gasteiger partial charge on any atom is 0.0670 e. The monoisotopic (exact) mass is 323 g/mol. The van der Waals surface area contributed by atoms with Gasteiger partial charge >= 0.3 is 0 Å². The second-order valence-electron chi connectivity index (χ2n) is 5.80. The molecule has 19 heavy (non-hydrogen) atoms. The maximum atomic E-state index is 5.96. The first-order valence-corrected chi connectivity index (χ1v) is 8.18. The molecule has 0 radical (unpaired) electrons. The third-order valence-electron chi connectivity index (χ3n) is 4.89. The Balaban J connectivity index is 1.74. The number of anilines is 1.